The molecule has 0 saturated carbocycles. The number of hydrogen-bond acceptors (Lipinski definition) is 3. The molecule has 1 aromatic rings. The molecular formula is C11H13ClN2O3. The van der Waals surface area contributed by atoms with Gasteiger partial charge in [-0.3, -0.25) is 9.59 Å². The lowest BCUT2D eigenvalue weighted by molar-refractivity contribution is -0.141. The second-order valence-electron chi connectivity index (χ2n) is 3.75. The lowest BCUT2D eigenvalue weighted by atomic mass is 10.0. The highest BCUT2D eigenvalue weighted by molar-refractivity contribution is 6.30. The minimum atomic E-state index is -0.957. The molecule has 0 aromatic carbocycles. The monoisotopic (exact) mass is 256 g/mol. The molecule has 1 heterocycles. The van der Waals surface area contributed by atoms with Crippen molar-refractivity contribution in [2.24, 2.45) is 5.92 Å². The quantitative estimate of drug-likeness (QED) is 0.857. The maximum Gasteiger partial charge on any atom is 0.308 e. The number of amides is 1. The van der Waals surface area contributed by atoms with Crippen molar-refractivity contribution < 1.29 is 14.7 Å². The molecule has 2 N–H and O–H groups in total. The van der Waals surface area contributed by atoms with Crippen LogP contribution in [0.3, 0.4) is 0 Å². The van der Waals surface area contributed by atoms with Crippen LogP contribution in [-0.4, -0.2) is 28.0 Å². The van der Waals surface area contributed by atoms with E-state index in [4.69, 9.17) is 16.7 Å². The van der Waals surface area contributed by atoms with Crippen molar-refractivity contribution in [1.82, 2.24) is 10.3 Å². The Kier molecular flexibility index (Phi) is 4.45. The van der Waals surface area contributed by atoms with Crippen LogP contribution in [0.2, 0.25) is 5.02 Å². The molecule has 0 saturated heterocycles. The van der Waals surface area contributed by atoms with Crippen LogP contribution in [0.1, 0.15) is 24.3 Å². The molecule has 1 amide bonds. The Labute approximate surface area is 104 Å². The second-order valence-corrected chi connectivity index (χ2v) is 4.19. The van der Waals surface area contributed by atoms with Gasteiger partial charge in [0.05, 0.1) is 10.9 Å². The molecule has 0 aliphatic heterocycles. The third-order valence-corrected chi connectivity index (χ3v) is 2.68. The first-order chi connectivity index (χ1) is 7.91. The van der Waals surface area contributed by atoms with E-state index in [0.717, 1.165) is 0 Å². The van der Waals surface area contributed by atoms with E-state index in [1.165, 1.54) is 19.2 Å². The van der Waals surface area contributed by atoms with Gasteiger partial charge in [0.1, 0.15) is 5.69 Å². The molecule has 6 heteroatoms. The summed E-state index contributed by atoms with van der Waals surface area (Å²) < 4.78 is 0. The highest BCUT2D eigenvalue weighted by Crippen LogP contribution is 2.07. The molecular weight excluding hydrogens is 244 g/mol. The summed E-state index contributed by atoms with van der Waals surface area (Å²) in [6.45, 7) is 3.16. The van der Waals surface area contributed by atoms with Crippen molar-refractivity contribution >= 4 is 23.5 Å². The van der Waals surface area contributed by atoms with Crippen molar-refractivity contribution in [1.29, 1.82) is 0 Å². The Balaban J connectivity index is 2.66. The van der Waals surface area contributed by atoms with Gasteiger partial charge >= 0.3 is 5.97 Å². The molecule has 2 atom stereocenters. The molecule has 5 nitrogen and oxygen atoms in total. The van der Waals surface area contributed by atoms with Gasteiger partial charge in [0.2, 0.25) is 0 Å². The molecule has 1 aromatic heterocycles. The standard InChI is InChI=1S/C11H13ClN2O3/c1-6(11(16)17)7(2)14-10(15)9-4-3-8(12)5-13-9/h3-7H,1-2H3,(H,14,15)(H,16,17). The number of carbonyl (C=O) groups excluding carboxylic acids is 1. The van der Waals surface area contributed by atoms with Crippen LogP contribution in [-0.2, 0) is 4.79 Å². The number of pyridine rings is 1. The van der Waals surface area contributed by atoms with Gasteiger partial charge in [0.25, 0.3) is 5.91 Å². The van der Waals surface area contributed by atoms with Gasteiger partial charge in [-0.25, -0.2) is 4.98 Å². The molecule has 92 valence electrons. The van der Waals surface area contributed by atoms with E-state index in [0.29, 0.717) is 5.02 Å². The topological polar surface area (TPSA) is 79.3 Å². The number of nitrogens with one attached hydrogen (secondary N) is 1. The van der Waals surface area contributed by atoms with Gasteiger partial charge in [0.15, 0.2) is 0 Å². The molecule has 0 aliphatic rings. The van der Waals surface area contributed by atoms with E-state index < -0.39 is 23.8 Å². The fourth-order valence-corrected chi connectivity index (χ4v) is 1.24. The average Bonchev–Trinajstić information content (AvgIpc) is 2.28. The Morgan fingerprint density at radius 1 is 1.41 bits per heavy atom. The molecule has 0 aliphatic carbocycles. The number of hydrogen-bond donors (Lipinski definition) is 2. The minimum absolute atomic E-state index is 0.207. The summed E-state index contributed by atoms with van der Waals surface area (Å²) in [5.41, 5.74) is 0.207. The third kappa shape index (κ3) is 3.71. The molecule has 0 spiro atoms. The van der Waals surface area contributed by atoms with Crippen molar-refractivity contribution in [3.05, 3.63) is 29.0 Å². The van der Waals surface area contributed by atoms with Crippen LogP contribution in [0.25, 0.3) is 0 Å². The van der Waals surface area contributed by atoms with E-state index in [1.807, 2.05) is 0 Å². The third-order valence-electron chi connectivity index (χ3n) is 2.46. The van der Waals surface area contributed by atoms with Gasteiger partial charge in [0, 0.05) is 12.2 Å². The lowest BCUT2D eigenvalue weighted by Crippen LogP contribution is -2.40. The zero-order valence-corrected chi connectivity index (χ0v) is 10.2. The zero-order valence-electron chi connectivity index (χ0n) is 9.48. The number of rotatable bonds is 4. The predicted octanol–water partition coefficient (Wildman–Crippen LogP) is 1.57. The summed E-state index contributed by atoms with van der Waals surface area (Å²) in [6, 6.07) is 2.56. The van der Waals surface area contributed by atoms with Crippen LogP contribution in [0.5, 0.6) is 0 Å². The van der Waals surface area contributed by atoms with Crippen LogP contribution >= 0.6 is 11.6 Å². The summed E-state index contributed by atoms with van der Waals surface area (Å²) in [6.07, 6.45) is 1.36. The number of carboxylic acid groups (broad SMARTS) is 1. The van der Waals surface area contributed by atoms with Gasteiger partial charge in [-0.15, -0.1) is 0 Å². The first-order valence-corrected chi connectivity index (χ1v) is 5.45. The molecule has 0 bridgehead atoms. The highest BCUT2D eigenvalue weighted by atomic mass is 35.5. The molecule has 0 fully saturated rings. The predicted molar refractivity (Wildman–Crippen MR) is 63.0 cm³/mol. The van der Waals surface area contributed by atoms with Gasteiger partial charge in [-0.2, -0.15) is 0 Å². The van der Waals surface area contributed by atoms with Crippen molar-refractivity contribution in [2.45, 2.75) is 19.9 Å². The highest BCUT2D eigenvalue weighted by Gasteiger charge is 2.21. The number of carbonyl (C=O) groups is 2. The summed E-state index contributed by atoms with van der Waals surface area (Å²) in [5.74, 6) is -2.03. The van der Waals surface area contributed by atoms with Gasteiger partial charge in [-0.1, -0.05) is 11.6 Å². The number of aliphatic carboxylic acids is 1. The zero-order chi connectivity index (χ0) is 13.0. The Morgan fingerprint density at radius 3 is 2.53 bits per heavy atom. The van der Waals surface area contributed by atoms with E-state index in [-0.39, 0.29) is 5.69 Å². The van der Waals surface area contributed by atoms with Crippen molar-refractivity contribution in [3.8, 4) is 0 Å². The van der Waals surface area contributed by atoms with Gasteiger partial charge < -0.3 is 10.4 Å². The molecule has 2 unspecified atom stereocenters. The second kappa shape index (κ2) is 5.63. The Bertz CT molecular complexity index is 419. The van der Waals surface area contributed by atoms with Crippen molar-refractivity contribution in [3.63, 3.8) is 0 Å². The maximum atomic E-state index is 11.7. The summed E-state index contributed by atoms with van der Waals surface area (Å²) in [5, 5.41) is 11.8. The van der Waals surface area contributed by atoms with E-state index in [9.17, 15) is 9.59 Å². The first kappa shape index (κ1) is 13.4. The van der Waals surface area contributed by atoms with E-state index in [1.54, 1.807) is 13.0 Å². The first-order valence-electron chi connectivity index (χ1n) is 5.07. The molecule has 0 radical (unpaired) electrons. The van der Waals surface area contributed by atoms with Gasteiger partial charge in [-0.05, 0) is 26.0 Å². The lowest BCUT2D eigenvalue weighted by Gasteiger charge is -2.17. The smallest absolute Gasteiger partial charge is 0.308 e. The SMILES string of the molecule is CC(NC(=O)c1ccc(Cl)cn1)C(C)C(=O)O. The summed E-state index contributed by atoms with van der Waals surface area (Å²) in [4.78, 5) is 26.2. The van der Waals surface area contributed by atoms with Crippen LogP contribution < -0.4 is 5.32 Å². The van der Waals surface area contributed by atoms with E-state index in [2.05, 4.69) is 10.3 Å². The van der Waals surface area contributed by atoms with Crippen LogP contribution in [0.4, 0.5) is 0 Å². The molecule has 17 heavy (non-hydrogen) atoms. The van der Waals surface area contributed by atoms with Crippen LogP contribution in [0.15, 0.2) is 18.3 Å². The van der Waals surface area contributed by atoms with E-state index >= 15 is 0 Å². The summed E-state index contributed by atoms with van der Waals surface area (Å²) >= 11 is 5.64. The number of aromatic nitrogens is 1. The minimum Gasteiger partial charge on any atom is -0.481 e. The molecule has 1 rings (SSSR count). The summed E-state index contributed by atoms with van der Waals surface area (Å²) in [7, 11) is 0. The maximum absolute atomic E-state index is 11.7. The normalized spacial score (nSPS) is 13.8. The largest absolute Gasteiger partial charge is 0.481 e. The fourth-order valence-electron chi connectivity index (χ4n) is 1.13. The average molecular weight is 257 g/mol. The van der Waals surface area contributed by atoms with Crippen molar-refractivity contribution in [2.75, 3.05) is 0 Å². The Morgan fingerprint density at radius 2 is 2.06 bits per heavy atom. The fraction of sp³-hybridized carbons (Fsp3) is 0.364. The Hall–Kier alpha value is -1.62. The number of carboxylic acids is 1. The van der Waals surface area contributed by atoms with Crippen LogP contribution in [0, 0.1) is 5.92 Å². The number of nitrogens with zero attached hydrogens (tertiary/aromatic N) is 1. The number of halogens is 1.